The third kappa shape index (κ3) is 16.9. The molecule has 0 radical (unpaired) electrons. The van der Waals surface area contributed by atoms with Gasteiger partial charge in [0.25, 0.3) is 0 Å². The van der Waals surface area contributed by atoms with E-state index in [9.17, 15) is 34.5 Å². The highest BCUT2D eigenvalue weighted by Crippen LogP contribution is 2.37. The van der Waals surface area contributed by atoms with Crippen LogP contribution in [0.1, 0.15) is 155 Å². The van der Waals surface area contributed by atoms with Crippen molar-refractivity contribution in [3.63, 3.8) is 0 Å². The number of rotatable bonds is 27. The maximum absolute atomic E-state index is 13.1. The summed E-state index contributed by atoms with van der Waals surface area (Å²) in [7, 11) is 0. The fourth-order valence-electron chi connectivity index (χ4n) is 7.40. The van der Waals surface area contributed by atoms with Crippen molar-refractivity contribution in [3.05, 3.63) is 24.3 Å². The summed E-state index contributed by atoms with van der Waals surface area (Å²) in [4.78, 5) is 49.3. The summed E-state index contributed by atoms with van der Waals surface area (Å²) in [6, 6.07) is 0. The standard InChI is InChI=1S/C40H66O9/c1-3-5-11-17-29(41)23-25-33-31(35(43)27-36(33)44)19-13-8-10-16-22-40(48)49-38-28-37(45)32(20-14-7-9-15-21-39(46)47)34(38)26-24-30(42)18-12-6-4-2/h23-26,29-34,36,38,41-42,44H,3-22,27-28H2,1-2H3,(H,46,47)/b25-23+,26-24+/t29-,30-,31+,32+,33+,34+,36+,38?/m0/s1. The van der Waals surface area contributed by atoms with Crippen molar-refractivity contribution in [1.29, 1.82) is 0 Å². The van der Waals surface area contributed by atoms with Gasteiger partial charge in [-0.15, -0.1) is 0 Å². The van der Waals surface area contributed by atoms with Crippen LogP contribution in [-0.2, 0) is 23.9 Å². The molecule has 2 aliphatic carbocycles. The van der Waals surface area contributed by atoms with Crippen LogP contribution in [0.2, 0.25) is 0 Å². The molecule has 280 valence electrons. The van der Waals surface area contributed by atoms with Gasteiger partial charge in [0.15, 0.2) is 0 Å². The second kappa shape index (κ2) is 24.7. The Morgan fingerprint density at radius 1 is 0.694 bits per heavy atom. The molecule has 2 rings (SSSR count). The number of aliphatic carboxylic acids is 1. The number of aliphatic hydroxyl groups excluding tert-OH is 3. The number of hydrogen-bond donors (Lipinski definition) is 4. The van der Waals surface area contributed by atoms with E-state index in [0.29, 0.717) is 38.5 Å². The molecular formula is C40H66O9. The first-order valence-electron chi connectivity index (χ1n) is 19.4. The van der Waals surface area contributed by atoms with Gasteiger partial charge in [0.1, 0.15) is 17.7 Å². The molecule has 0 bridgehead atoms. The van der Waals surface area contributed by atoms with Gasteiger partial charge in [-0.3, -0.25) is 19.2 Å². The first-order valence-corrected chi connectivity index (χ1v) is 19.4. The number of carbonyl (C=O) groups is 4. The second-order valence-electron chi connectivity index (χ2n) is 14.5. The number of aliphatic hydroxyl groups is 3. The molecule has 2 saturated carbocycles. The van der Waals surface area contributed by atoms with Crippen LogP contribution in [0, 0.1) is 23.7 Å². The lowest BCUT2D eigenvalue weighted by Gasteiger charge is -2.22. The predicted octanol–water partition coefficient (Wildman–Crippen LogP) is 7.43. The van der Waals surface area contributed by atoms with Crippen molar-refractivity contribution in [2.45, 2.75) is 180 Å². The topological polar surface area (TPSA) is 158 Å². The highest BCUT2D eigenvalue weighted by Gasteiger charge is 2.43. The molecule has 8 atom stereocenters. The zero-order valence-electron chi connectivity index (χ0n) is 30.3. The van der Waals surface area contributed by atoms with Crippen LogP contribution >= 0.6 is 0 Å². The molecule has 0 aliphatic heterocycles. The molecule has 0 aromatic carbocycles. The van der Waals surface area contributed by atoms with Crippen LogP contribution in [0.4, 0.5) is 0 Å². The largest absolute Gasteiger partial charge is 0.481 e. The Kier molecular flexibility index (Phi) is 21.6. The lowest BCUT2D eigenvalue weighted by Crippen LogP contribution is -2.24. The zero-order valence-corrected chi connectivity index (χ0v) is 30.3. The summed E-state index contributed by atoms with van der Waals surface area (Å²) >= 11 is 0. The third-order valence-electron chi connectivity index (χ3n) is 10.3. The molecule has 2 aliphatic rings. The number of Topliss-reactive ketones (excluding diaryl/α,β-unsaturated/α-hetero) is 2. The van der Waals surface area contributed by atoms with Gasteiger partial charge in [-0.1, -0.05) is 115 Å². The normalized spacial score (nSPS) is 25.5. The number of carboxylic acids is 1. The molecule has 0 aromatic heterocycles. The molecule has 0 amide bonds. The van der Waals surface area contributed by atoms with Crippen molar-refractivity contribution < 1.29 is 44.3 Å². The summed E-state index contributed by atoms with van der Waals surface area (Å²) in [5.41, 5.74) is 0. The van der Waals surface area contributed by atoms with E-state index in [-0.39, 0.29) is 66.9 Å². The van der Waals surface area contributed by atoms with Crippen molar-refractivity contribution >= 4 is 23.5 Å². The quantitative estimate of drug-likeness (QED) is 0.0391. The molecular weight excluding hydrogens is 624 g/mol. The van der Waals surface area contributed by atoms with E-state index in [0.717, 1.165) is 77.0 Å². The number of carbonyl (C=O) groups excluding carboxylic acids is 3. The van der Waals surface area contributed by atoms with E-state index in [1.807, 2.05) is 12.2 Å². The molecule has 9 heteroatoms. The van der Waals surface area contributed by atoms with E-state index in [1.54, 1.807) is 12.2 Å². The van der Waals surface area contributed by atoms with Gasteiger partial charge >= 0.3 is 11.9 Å². The second-order valence-corrected chi connectivity index (χ2v) is 14.5. The highest BCUT2D eigenvalue weighted by molar-refractivity contribution is 5.85. The Labute approximate surface area is 295 Å². The Morgan fingerprint density at radius 3 is 1.73 bits per heavy atom. The van der Waals surface area contributed by atoms with Gasteiger partial charge < -0.3 is 25.2 Å². The average molecular weight is 691 g/mol. The summed E-state index contributed by atoms with van der Waals surface area (Å²) in [6.45, 7) is 4.23. The Hall–Kier alpha value is -2.36. The van der Waals surface area contributed by atoms with E-state index in [4.69, 9.17) is 9.84 Å². The minimum absolute atomic E-state index is 0.0733. The third-order valence-corrected chi connectivity index (χ3v) is 10.3. The SMILES string of the molecule is CCCCC[C@H](O)/C=C/[C@H]1[C@H](O)CC(=O)[C@@H]1CCCCCCC(=O)OC1CC(=O)[C@H](CCCCCCC(=O)O)[C@H]1/C=C/[C@@H](O)CCCCC. The lowest BCUT2D eigenvalue weighted by atomic mass is 9.88. The summed E-state index contributed by atoms with van der Waals surface area (Å²) in [5.74, 6) is -2.05. The van der Waals surface area contributed by atoms with Crippen molar-refractivity contribution in [3.8, 4) is 0 Å². The fourth-order valence-corrected chi connectivity index (χ4v) is 7.40. The van der Waals surface area contributed by atoms with Crippen LogP contribution < -0.4 is 0 Å². The first kappa shape index (κ1) is 42.8. The molecule has 0 saturated heterocycles. The average Bonchev–Trinajstić information content (AvgIpc) is 3.50. The van der Waals surface area contributed by atoms with Crippen molar-refractivity contribution in [1.82, 2.24) is 0 Å². The van der Waals surface area contributed by atoms with E-state index >= 15 is 0 Å². The Morgan fingerprint density at radius 2 is 1.18 bits per heavy atom. The summed E-state index contributed by atoms with van der Waals surface area (Å²) in [6.07, 6.45) is 20.4. The first-order chi connectivity index (χ1) is 23.6. The molecule has 9 nitrogen and oxygen atoms in total. The van der Waals surface area contributed by atoms with Crippen LogP contribution in [0.25, 0.3) is 0 Å². The van der Waals surface area contributed by atoms with Crippen molar-refractivity contribution in [2.75, 3.05) is 0 Å². The van der Waals surface area contributed by atoms with Crippen LogP contribution in [0.5, 0.6) is 0 Å². The monoisotopic (exact) mass is 690 g/mol. The molecule has 49 heavy (non-hydrogen) atoms. The predicted molar refractivity (Wildman–Crippen MR) is 191 cm³/mol. The van der Waals surface area contributed by atoms with Crippen LogP contribution in [-0.4, -0.2) is 68.3 Å². The van der Waals surface area contributed by atoms with E-state index < -0.39 is 30.4 Å². The Bertz CT molecular complexity index is 1040. The number of esters is 1. The van der Waals surface area contributed by atoms with Gasteiger partial charge in [0, 0.05) is 49.4 Å². The number of ether oxygens (including phenoxy) is 1. The molecule has 0 aromatic rings. The van der Waals surface area contributed by atoms with Gasteiger partial charge in [-0.2, -0.15) is 0 Å². The van der Waals surface area contributed by atoms with Gasteiger partial charge in [0.05, 0.1) is 18.3 Å². The van der Waals surface area contributed by atoms with Crippen LogP contribution in [0.15, 0.2) is 24.3 Å². The molecule has 4 N–H and O–H groups in total. The Balaban J connectivity index is 1.82. The van der Waals surface area contributed by atoms with Crippen LogP contribution in [0.3, 0.4) is 0 Å². The fraction of sp³-hybridized carbons (Fsp3) is 0.800. The maximum Gasteiger partial charge on any atom is 0.306 e. The minimum atomic E-state index is -0.799. The van der Waals surface area contributed by atoms with E-state index in [1.165, 1.54) is 0 Å². The number of unbranched alkanes of at least 4 members (excludes halogenated alkanes) is 10. The van der Waals surface area contributed by atoms with Crippen molar-refractivity contribution in [2.24, 2.45) is 23.7 Å². The van der Waals surface area contributed by atoms with Gasteiger partial charge in [-0.05, 0) is 38.5 Å². The maximum atomic E-state index is 13.1. The number of ketones is 2. The molecule has 0 spiro atoms. The summed E-state index contributed by atoms with van der Waals surface area (Å²) < 4.78 is 5.87. The minimum Gasteiger partial charge on any atom is -0.481 e. The highest BCUT2D eigenvalue weighted by atomic mass is 16.5. The zero-order chi connectivity index (χ0) is 36.0. The summed E-state index contributed by atoms with van der Waals surface area (Å²) in [5, 5.41) is 40.0. The number of carboxylic acid groups (broad SMARTS) is 1. The molecule has 2 fully saturated rings. The number of hydrogen-bond acceptors (Lipinski definition) is 8. The smallest absolute Gasteiger partial charge is 0.306 e. The molecule has 0 heterocycles. The lowest BCUT2D eigenvalue weighted by molar-refractivity contribution is -0.150. The van der Waals surface area contributed by atoms with E-state index in [2.05, 4.69) is 13.8 Å². The molecule has 1 unspecified atom stereocenters. The van der Waals surface area contributed by atoms with Gasteiger partial charge in [-0.25, -0.2) is 0 Å². The van der Waals surface area contributed by atoms with Gasteiger partial charge in [0.2, 0.25) is 0 Å².